The van der Waals surface area contributed by atoms with Crippen LogP contribution < -0.4 is 5.32 Å². The molecule has 0 unspecified atom stereocenters. The summed E-state index contributed by atoms with van der Waals surface area (Å²) in [4.78, 5) is 11.0. The molecule has 0 amide bonds. The maximum atomic E-state index is 5.92. The van der Waals surface area contributed by atoms with Gasteiger partial charge in [0.2, 0.25) is 0 Å². The first kappa shape index (κ1) is 11.8. The van der Waals surface area contributed by atoms with Crippen LogP contribution in [-0.2, 0) is 6.54 Å². The molecule has 1 saturated heterocycles. The van der Waals surface area contributed by atoms with Crippen LogP contribution in [0.5, 0.6) is 0 Å². The molecule has 2 heterocycles. The van der Waals surface area contributed by atoms with Crippen LogP contribution in [0.1, 0.15) is 18.4 Å². The Hall–Kier alpha value is -0.710. The average molecular weight is 241 g/mol. The molecule has 88 valence electrons. The molecule has 1 fully saturated rings. The van der Waals surface area contributed by atoms with Gasteiger partial charge >= 0.3 is 0 Å². The van der Waals surface area contributed by atoms with Crippen molar-refractivity contribution in [1.82, 2.24) is 20.2 Å². The predicted molar refractivity (Wildman–Crippen MR) is 64.5 cm³/mol. The van der Waals surface area contributed by atoms with Crippen LogP contribution in [0, 0.1) is 6.92 Å². The minimum atomic E-state index is 0.533. The number of halogens is 1. The lowest BCUT2D eigenvalue weighted by atomic mass is 10.1. The third-order valence-corrected chi connectivity index (χ3v) is 3.09. The summed E-state index contributed by atoms with van der Waals surface area (Å²) in [6.07, 6.45) is 0. The summed E-state index contributed by atoms with van der Waals surface area (Å²) < 4.78 is 0. The van der Waals surface area contributed by atoms with Crippen LogP contribution in [0.4, 0.5) is 0 Å². The zero-order chi connectivity index (χ0) is 11.5. The highest BCUT2D eigenvalue weighted by Gasteiger charge is 2.23. The minimum Gasteiger partial charge on any atom is -0.314 e. The van der Waals surface area contributed by atoms with Gasteiger partial charge in [-0.05, 0) is 19.5 Å². The van der Waals surface area contributed by atoms with E-state index in [9.17, 15) is 0 Å². The van der Waals surface area contributed by atoms with Gasteiger partial charge in [0.05, 0.1) is 6.54 Å². The van der Waals surface area contributed by atoms with E-state index in [2.05, 4.69) is 27.1 Å². The second-order valence-corrected chi connectivity index (χ2v) is 4.51. The number of nitrogens with zero attached hydrogens (tertiary/aromatic N) is 3. The van der Waals surface area contributed by atoms with E-state index in [1.165, 1.54) is 0 Å². The van der Waals surface area contributed by atoms with Gasteiger partial charge in [0.1, 0.15) is 11.0 Å². The zero-order valence-electron chi connectivity index (χ0n) is 9.70. The molecule has 1 aromatic heterocycles. The molecule has 16 heavy (non-hydrogen) atoms. The summed E-state index contributed by atoms with van der Waals surface area (Å²) in [6, 6.07) is 2.40. The second-order valence-electron chi connectivity index (χ2n) is 4.12. The Labute approximate surface area is 101 Å². The Kier molecular flexibility index (Phi) is 3.74. The quantitative estimate of drug-likeness (QED) is 0.804. The highest BCUT2D eigenvalue weighted by molar-refractivity contribution is 6.29. The molecule has 0 bridgehead atoms. The van der Waals surface area contributed by atoms with E-state index in [1.807, 2.05) is 6.92 Å². The minimum absolute atomic E-state index is 0.533. The fourth-order valence-electron chi connectivity index (χ4n) is 1.87. The number of nitrogens with one attached hydrogen (secondary N) is 1. The molecule has 0 radical (unpaired) electrons. The van der Waals surface area contributed by atoms with Gasteiger partial charge < -0.3 is 5.32 Å². The van der Waals surface area contributed by atoms with Gasteiger partial charge in [-0.15, -0.1) is 0 Å². The number of likely N-dealkylation sites (N-methyl/N-ethyl adjacent to an activating group) is 1. The first-order valence-electron chi connectivity index (χ1n) is 5.64. The fraction of sp³-hybridized carbons (Fsp3) is 0.636. The van der Waals surface area contributed by atoms with Gasteiger partial charge in [0.15, 0.2) is 0 Å². The summed E-state index contributed by atoms with van der Waals surface area (Å²) in [5.41, 5.74) is 0.929. The van der Waals surface area contributed by atoms with Crippen molar-refractivity contribution in [2.24, 2.45) is 0 Å². The van der Waals surface area contributed by atoms with Gasteiger partial charge in [-0.25, -0.2) is 9.97 Å². The van der Waals surface area contributed by atoms with Gasteiger partial charge in [0.25, 0.3) is 0 Å². The molecular weight excluding hydrogens is 224 g/mol. The molecule has 2 rings (SSSR count). The van der Waals surface area contributed by atoms with Crippen LogP contribution in [0.25, 0.3) is 0 Å². The van der Waals surface area contributed by atoms with Crippen molar-refractivity contribution in [2.45, 2.75) is 26.4 Å². The van der Waals surface area contributed by atoms with Crippen LogP contribution in [-0.4, -0.2) is 40.5 Å². The summed E-state index contributed by atoms with van der Waals surface area (Å²) in [5.74, 6) is 0.818. The summed E-state index contributed by atoms with van der Waals surface area (Å²) in [5, 5.41) is 3.81. The van der Waals surface area contributed by atoms with Gasteiger partial charge in [0, 0.05) is 24.8 Å². The standard InChI is InChI=1S/C11H17ClN4/c1-3-16(9-5-13-6-9)7-11-14-8(2)4-10(12)15-11/h4,9,13H,3,5-7H2,1-2H3. The smallest absolute Gasteiger partial charge is 0.144 e. The van der Waals surface area contributed by atoms with Crippen molar-refractivity contribution < 1.29 is 0 Å². The zero-order valence-corrected chi connectivity index (χ0v) is 10.5. The SMILES string of the molecule is CCN(Cc1nc(C)cc(Cl)n1)C1CNC1. The molecule has 1 N–H and O–H groups in total. The Morgan fingerprint density at radius 1 is 1.50 bits per heavy atom. The van der Waals surface area contributed by atoms with Crippen molar-refractivity contribution in [3.8, 4) is 0 Å². The number of aryl methyl sites for hydroxylation is 1. The van der Waals surface area contributed by atoms with Crippen molar-refractivity contribution >= 4 is 11.6 Å². The molecule has 0 saturated carbocycles. The lowest BCUT2D eigenvalue weighted by Gasteiger charge is -2.37. The van der Waals surface area contributed by atoms with Crippen molar-refractivity contribution in [2.75, 3.05) is 19.6 Å². The first-order chi connectivity index (χ1) is 7.69. The molecule has 0 aromatic carbocycles. The molecule has 1 aliphatic heterocycles. The number of hydrogen-bond donors (Lipinski definition) is 1. The van der Waals surface area contributed by atoms with E-state index in [0.717, 1.165) is 37.7 Å². The Morgan fingerprint density at radius 3 is 2.75 bits per heavy atom. The number of aromatic nitrogens is 2. The normalized spacial score (nSPS) is 16.5. The van der Waals surface area contributed by atoms with Gasteiger partial charge in [-0.3, -0.25) is 4.90 Å². The summed E-state index contributed by atoms with van der Waals surface area (Å²) in [7, 11) is 0. The highest BCUT2D eigenvalue weighted by Crippen LogP contribution is 2.11. The third kappa shape index (κ3) is 2.70. The first-order valence-corrected chi connectivity index (χ1v) is 6.01. The molecule has 4 nitrogen and oxygen atoms in total. The second kappa shape index (κ2) is 5.08. The third-order valence-electron chi connectivity index (χ3n) is 2.90. The van der Waals surface area contributed by atoms with Gasteiger partial charge in [-0.1, -0.05) is 18.5 Å². The Balaban J connectivity index is 2.05. The van der Waals surface area contributed by atoms with Crippen LogP contribution >= 0.6 is 11.6 Å². The summed E-state index contributed by atoms with van der Waals surface area (Å²) >= 11 is 5.92. The number of rotatable bonds is 4. The number of hydrogen-bond acceptors (Lipinski definition) is 4. The van der Waals surface area contributed by atoms with Crippen LogP contribution in [0.2, 0.25) is 5.15 Å². The fourth-order valence-corrected chi connectivity index (χ4v) is 2.13. The molecular formula is C11H17ClN4. The molecule has 0 spiro atoms. The summed E-state index contributed by atoms with van der Waals surface area (Å²) in [6.45, 7) is 8.03. The van der Waals surface area contributed by atoms with Crippen LogP contribution in [0.15, 0.2) is 6.07 Å². The van der Waals surface area contributed by atoms with Crippen LogP contribution in [0.3, 0.4) is 0 Å². The highest BCUT2D eigenvalue weighted by atomic mass is 35.5. The average Bonchev–Trinajstić information content (AvgIpc) is 2.12. The maximum absolute atomic E-state index is 5.92. The largest absolute Gasteiger partial charge is 0.314 e. The molecule has 1 aromatic rings. The molecule has 1 aliphatic rings. The lowest BCUT2D eigenvalue weighted by Crippen LogP contribution is -2.56. The van der Waals surface area contributed by atoms with E-state index in [4.69, 9.17) is 11.6 Å². The van der Waals surface area contributed by atoms with Crippen molar-refractivity contribution in [3.05, 3.63) is 22.7 Å². The maximum Gasteiger partial charge on any atom is 0.144 e. The Bertz CT molecular complexity index is 345. The monoisotopic (exact) mass is 240 g/mol. The molecule has 0 atom stereocenters. The van der Waals surface area contributed by atoms with Gasteiger partial charge in [-0.2, -0.15) is 0 Å². The van der Waals surface area contributed by atoms with E-state index < -0.39 is 0 Å². The van der Waals surface area contributed by atoms with Crippen molar-refractivity contribution in [3.63, 3.8) is 0 Å². The predicted octanol–water partition coefficient (Wildman–Crippen LogP) is 1.23. The topological polar surface area (TPSA) is 41.1 Å². The lowest BCUT2D eigenvalue weighted by molar-refractivity contribution is 0.142. The van der Waals surface area contributed by atoms with E-state index in [0.29, 0.717) is 11.2 Å². The molecule has 5 heteroatoms. The van der Waals surface area contributed by atoms with E-state index in [1.54, 1.807) is 6.07 Å². The molecule has 0 aliphatic carbocycles. The van der Waals surface area contributed by atoms with E-state index >= 15 is 0 Å². The Morgan fingerprint density at radius 2 is 2.25 bits per heavy atom. The van der Waals surface area contributed by atoms with E-state index in [-0.39, 0.29) is 0 Å². The van der Waals surface area contributed by atoms with Crippen molar-refractivity contribution in [1.29, 1.82) is 0 Å².